The Balaban J connectivity index is 1.97. The van der Waals surface area contributed by atoms with Crippen LogP contribution in [0.1, 0.15) is 49.9 Å². The summed E-state index contributed by atoms with van der Waals surface area (Å²) >= 11 is 0. The van der Waals surface area contributed by atoms with E-state index in [4.69, 9.17) is 0 Å². The number of aromatic nitrogens is 1. The van der Waals surface area contributed by atoms with Crippen LogP contribution in [0.3, 0.4) is 0 Å². The molecule has 7 heteroatoms. The summed E-state index contributed by atoms with van der Waals surface area (Å²) in [7, 11) is -3.18. The van der Waals surface area contributed by atoms with E-state index in [1.54, 1.807) is 0 Å². The van der Waals surface area contributed by atoms with Crippen LogP contribution in [-0.2, 0) is 10.8 Å². The van der Waals surface area contributed by atoms with Crippen LogP contribution >= 0.6 is 0 Å². The van der Waals surface area contributed by atoms with E-state index < -0.39 is 14.2 Å². The maximum atomic E-state index is 10.0. The molecule has 154 valence electrons. The SMILES string of the molecule is CC1(C)c2cccc3c2-n2c4c1cc(B(O)O)cc4c1cc(B(O)O)cc(c12)C3(C)C. The molecule has 0 radical (unpaired) electrons. The lowest BCUT2D eigenvalue weighted by molar-refractivity contribution is 0.424. The minimum Gasteiger partial charge on any atom is -0.423 e. The molecule has 0 spiro atoms. The number of fused-ring (bicyclic) bond motifs is 1. The first kappa shape index (κ1) is 19.1. The van der Waals surface area contributed by atoms with Crippen molar-refractivity contribution in [3.05, 3.63) is 64.7 Å². The monoisotopic (exact) mass is 411 g/mol. The van der Waals surface area contributed by atoms with E-state index >= 15 is 0 Å². The van der Waals surface area contributed by atoms with Crippen LogP contribution in [0.5, 0.6) is 0 Å². The van der Waals surface area contributed by atoms with Gasteiger partial charge in [-0.25, -0.2) is 0 Å². The maximum absolute atomic E-state index is 10.0. The molecule has 1 aromatic heterocycles. The molecule has 0 unspecified atom stereocenters. The van der Waals surface area contributed by atoms with Gasteiger partial charge in [0.2, 0.25) is 0 Å². The van der Waals surface area contributed by atoms with E-state index in [2.05, 4.69) is 50.5 Å². The summed E-state index contributed by atoms with van der Waals surface area (Å²) in [6.07, 6.45) is 0. The Morgan fingerprint density at radius 3 is 1.45 bits per heavy atom. The zero-order valence-corrected chi connectivity index (χ0v) is 17.9. The number of benzene rings is 3. The summed E-state index contributed by atoms with van der Waals surface area (Å²) in [6, 6.07) is 13.8. The second kappa shape index (κ2) is 5.61. The molecule has 0 amide bonds. The zero-order valence-electron chi connectivity index (χ0n) is 17.9. The molecule has 31 heavy (non-hydrogen) atoms. The Labute approximate surface area is 180 Å². The second-order valence-electron chi connectivity index (χ2n) is 9.96. The van der Waals surface area contributed by atoms with Crippen molar-refractivity contribution in [1.82, 2.24) is 4.57 Å². The van der Waals surface area contributed by atoms with Crippen LogP contribution < -0.4 is 10.9 Å². The van der Waals surface area contributed by atoms with Crippen LogP contribution in [0, 0.1) is 0 Å². The fourth-order valence-electron chi connectivity index (χ4n) is 5.88. The Kier molecular flexibility index (Phi) is 3.47. The van der Waals surface area contributed by atoms with Gasteiger partial charge in [-0.05, 0) is 33.2 Å². The summed E-state index contributed by atoms with van der Waals surface area (Å²) in [4.78, 5) is 0. The van der Waals surface area contributed by atoms with Gasteiger partial charge >= 0.3 is 14.2 Å². The van der Waals surface area contributed by atoms with Crippen LogP contribution in [0.2, 0.25) is 0 Å². The van der Waals surface area contributed by atoms with E-state index in [1.165, 1.54) is 16.8 Å². The number of nitrogens with zero attached hydrogens (tertiary/aromatic N) is 1. The molecule has 5 nitrogen and oxygen atoms in total. The summed E-state index contributed by atoms with van der Waals surface area (Å²) in [5.41, 5.74) is 7.93. The normalized spacial score (nSPS) is 16.9. The maximum Gasteiger partial charge on any atom is 0.488 e. The number of para-hydroxylation sites is 1. The minimum atomic E-state index is -1.59. The van der Waals surface area contributed by atoms with E-state index in [0.29, 0.717) is 10.9 Å². The average Bonchev–Trinajstić information content (AvgIpc) is 3.04. The molecule has 0 saturated heterocycles. The molecule has 4 N–H and O–H groups in total. The average molecular weight is 411 g/mol. The molecule has 4 aromatic rings. The highest BCUT2D eigenvalue weighted by molar-refractivity contribution is 6.60. The molecule has 3 heterocycles. The van der Waals surface area contributed by atoms with Crippen LogP contribution in [-0.4, -0.2) is 38.9 Å². The van der Waals surface area contributed by atoms with Gasteiger partial charge in [0, 0.05) is 21.6 Å². The van der Waals surface area contributed by atoms with Gasteiger partial charge in [0.15, 0.2) is 0 Å². The molecule has 6 rings (SSSR count). The quantitative estimate of drug-likeness (QED) is 0.376. The van der Waals surface area contributed by atoms with Gasteiger partial charge in [-0.15, -0.1) is 0 Å². The fourth-order valence-corrected chi connectivity index (χ4v) is 5.88. The zero-order chi connectivity index (χ0) is 22.0. The lowest BCUT2D eigenvalue weighted by Crippen LogP contribution is -2.37. The number of hydrogen-bond donors (Lipinski definition) is 4. The van der Waals surface area contributed by atoms with Gasteiger partial charge in [0.05, 0.1) is 16.7 Å². The van der Waals surface area contributed by atoms with Crippen molar-refractivity contribution in [2.45, 2.75) is 38.5 Å². The molecule has 0 fully saturated rings. The van der Waals surface area contributed by atoms with E-state index in [9.17, 15) is 20.1 Å². The topological polar surface area (TPSA) is 85.9 Å². The van der Waals surface area contributed by atoms with Crippen molar-refractivity contribution in [3.8, 4) is 5.69 Å². The van der Waals surface area contributed by atoms with Crippen molar-refractivity contribution in [3.63, 3.8) is 0 Å². The first-order valence-corrected chi connectivity index (χ1v) is 10.6. The van der Waals surface area contributed by atoms with Gasteiger partial charge in [0.25, 0.3) is 0 Å². The summed E-state index contributed by atoms with van der Waals surface area (Å²) in [5, 5.41) is 41.9. The Hall–Kier alpha value is -2.57. The third-order valence-corrected chi connectivity index (χ3v) is 7.55. The smallest absolute Gasteiger partial charge is 0.423 e. The van der Waals surface area contributed by atoms with Crippen LogP contribution in [0.15, 0.2) is 42.5 Å². The van der Waals surface area contributed by atoms with Gasteiger partial charge in [-0.2, -0.15) is 0 Å². The predicted molar refractivity (Wildman–Crippen MR) is 125 cm³/mol. The molecule has 2 aliphatic rings. The predicted octanol–water partition coefficient (Wildman–Crippen LogP) is 1.42. The van der Waals surface area contributed by atoms with Crippen molar-refractivity contribution < 1.29 is 20.1 Å². The molecule has 2 aliphatic heterocycles. The molecular formula is C24H23B2NO4. The highest BCUT2D eigenvalue weighted by Gasteiger charge is 2.44. The molecule has 0 bridgehead atoms. The van der Waals surface area contributed by atoms with E-state index in [-0.39, 0.29) is 10.8 Å². The summed E-state index contributed by atoms with van der Waals surface area (Å²) in [6.45, 7) is 8.71. The lowest BCUT2D eigenvalue weighted by atomic mass is 9.67. The van der Waals surface area contributed by atoms with Gasteiger partial charge in [-0.1, -0.05) is 70.2 Å². The summed E-state index contributed by atoms with van der Waals surface area (Å²) in [5.74, 6) is 0. The highest BCUT2D eigenvalue weighted by Crippen LogP contribution is 2.54. The van der Waals surface area contributed by atoms with Crippen molar-refractivity contribution in [2.75, 3.05) is 0 Å². The van der Waals surface area contributed by atoms with Crippen molar-refractivity contribution in [2.24, 2.45) is 0 Å². The molecule has 0 atom stereocenters. The van der Waals surface area contributed by atoms with Crippen molar-refractivity contribution in [1.29, 1.82) is 0 Å². The highest BCUT2D eigenvalue weighted by atomic mass is 16.4. The fraction of sp³-hybridized carbons (Fsp3) is 0.250. The number of hydrogen-bond acceptors (Lipinski definition) is 4. The Morgan fingerprint density at radius 1 is 0.645 bits per heavy atom. The van der Waals surface area contributed by atoms with E-state index in [0.717, 1.165) is 32.9 Å². The van der Waals surface area contributed by atoms with Gasteiger partial charge in [-0.3, -0.25) is 0 Å². The minimum absolute atomic E-state index is 0.341. The molecule has 0 saturated carbocycles. The third kappa shape index (κ3) is 2.12. The van der Waals surface area contributed by atoms with E-state index in [1.807, 2.05) is 24.3 Å². The molecule has 3 aromatic carbocycles. The Bertz CT molecular complexity index is 1350. The first-order chi connectivity index (χ1) is 14.5. The Morgan fingerprint density at radius 2 is 1.06 bits per heavy atom. The first-order valence-electron chi connectivity index (χ1n) is 10.6. The second-order valence-corrected chi connectivity index (χ2v) is 9.96. The molecule has 0 aliphatic carbocycles. The molecular weight excluding hydrogens is 388 g/mol. The standard InChI is InChI=1S/C24H23B2NO4/c1-23(2)16-6-5-7-17-22(16)27-20-14(8-12(25(28)29)10-18(20)23)15-9-13(26(30)31)11-19(21(15)27)24(17,3)4/h5-11,28-31H,1-4H3. The van der Waals surface area contributed by atoms with Crippen LogP contribution in [0.4, 0.5) is 0 Å². The third-order valence-electron chi connectivity index (χ3n) is 7.55. The van der Waals surface area contributed by atoms with Crippen molar-refractivity contribution >= 4 is 47.0 Å². The van der Waals surface area contributed by atoms with Crippen LogP contribution in [0.25, 0.3) is 27.5 Å². The largest absolute Gasteiger partial charge is 0.488 e. The lowest BCUT2D eigenvalue weighted by Gasteiger charge is -2.42. The van der Waals surface area contributed by atoms with Gasteiger partial charge < -0.3 is 24.7 Å². The number of rotatable bonds is 2. The summed E-state index contributed by atoms with van der Waals surface area (Å²) < 4.78 is 2.30. The van der Waals surface area contributed by atoms with Gasteiger partial charge in [0.1, 0.15) is 0 Å².